The molecule has 7 nitrogen and oxygen atoms in total. The minimum atomic E-state index is -3.48. The normalized spacial score (nSPS) is 14.0. The fourth-order valence-corrected chi connectivity index (χ4v) is 3.31. The Morgan fingerprint density at radius 2 is 1.74 bits per heavy atom. The zero-order chi connectivity index (χ0) is 15.3. The number of nitrogens with zero attached hydrogens (tertiary/aromatic N) is 1. The Morgan fingerprint density at radius 1 is 1.21 bits per heavy atom. The predicted molar refractivity (Wildman–Crippen MR) is 76.7 cm³/mol. The number of nitrogens with one attached hydrogen (secondary N) is 1. The maximum Gasteiger partial charge on any atom is 0.215 e. The minimum Gasteiger partial charge on any atom is -0.330 e. The molecule has 0 saturated carbocycles. The molecule has 0 unspecified atom stereocenters. The molecule has 3 N–H and O–H groups in total. The first-order valence-corrected chi connectivity index (χ1v) is 9.33. The molecular formula is C10H25N3O4S2. The van der Waals surface area contributed by atoms with Gasteiger partial charge >= 0.3 is 0 Å². The maximum atomic E-state index is 11.9. The van der Waals surface area contributed by atoms with Gasteiger partial charge in [0, 0.05) is 20.1 Å². The van der Waals surface area contributed by atoms with E-state index in [1.54, 1.807) is 0 Å². The van der Waals surface area contributed by atoms with Gasteiger partial charge in [-0.15, -0.1) is 0 Å². The van der Waals surface area contributed by atoms with Gasteiger partial charge in [-0.3, -0.25) is 0 Å². The van der Waals surface area contributed by atoms with Crippen LogP contribution in [-0.4, -0.2) is 59.3 Å². The van der Waals surface area contributed by atoms with Crippen LogP contribution in [0.5, 0.6) is 0 Å². The Hall–Kier alpha value is -0.220. The lowest BCUT2D eigenvalue weighted by atomic mass is 9.94. The first-order valence-electron chi connectivity index (χ1n) is 6.07. The van der Waals surface area contributed by atoms with Crippen molar-refractivity contribution in [3.8, 4) is 0 Å². The molecule has 0 bridgehead atoms. The van der Waals surface area contributed by atoms with Crippen LogP contribution < -0.4 is 10.5 Å². The lowest BCUT2D eigenvalue weighted by molar-refractivity contribution is 0.292. The summed E-state index contributed by atoms with van der Waals surface area (Å²) in [4.78, 5) is 0. The summed E-state index contributed by atoms with van der Waals surface area (Å²) >= 11 is 0. The smallest absolute Gasteiger partial charge is 0.215 e. The molecule has 0 aromatic rings. The summed E-state index contributed by atoms with van der Waals surface area (Å²) < 4.78 is 49.7. The summed E-state index contributed by atoms with van der Waals surface area (Å²) in [6, 6.07) is 0. The van der Waals surface area contributed by atoms with Gasteiger partial charge in [0.2, 0.25) is 20.0 Å². The van der Waals surface area contributed by atoms with Gasteiger partial charge in [-0.1, -0.05) is 13.8 Å². The maximum absolute atomic E-state index is 11.9. The second-order valence-electron chi connectivity index (χ2n) is 5.24. The minimum absolute atomic E-state index is 0.0664. The van der Waals surface area contributed by atoms with Crippen LogP contribution in [0.4, 0.5) is 0 Å². The molecule has 0 fully saturated rings. The molecule has 0 atom stereocenters. The number of rotatable bonds is 9. The molecule has 0 aliphatic heterocycles. The van der Waals surface area contributed by atoms with Crippen molar-refractivity contribution in [3.63, 3.8) is 0 Å². The van der Waals surface area contributed by atoms with E-state index >= 15 is 0 Å². The van der Waals surface area contributed by atoms with Crippen LogP contribution in [0.15, 0.2) is 0 Å². The zero-order valence-corrected chi connectivity index (χ0v) is 13.6. The van der Waals surface area contributed by atoms with Crippen molar-refractivity contribution < 1.29 is 16.8 Å². The van der Waals surface area contributed by atoms with Crippen LogP contribution in [-0.2, 0) is 20.0 Å². The molecule has 0 radical (unpaired) electrons. The average molecular weight is 315 g/mol. The molecule has 0 saturated heterocycles. The van der Waals surface area contributed by atoms with Gasteiger partial charge in [0.1, 0.15) is 0 Å². The van der Waals surface area contributed by atoms with Crippen LogP contribution in [0.2, 0.25) is 0 Å². The first kappa shape index (κ1) is 18.8. The Labute approximate surface area is 116 Å². The molecule has 0 rings (SSSR count). The van der Waals surface area contributed by atoms with Crippen LogP contribution in [0.3, 0.4) is 0 Å². The number of hydrogen-bond donors (Lipinski definition) is 2. The molecule has 116 valence electrons. The third kappa shape index (κ3) is 7.21. The Bertz CT molecular complexity index is 471. The molecule has 0 amide bonds. The van der Waals surface area contributed by atoms with Crippen LogP contribution in [0.1, 0.15) is 20.8 Å². The number of hydrogen-bond acceptors (Lipinski definition) is 5. The fraction of sp³-hybridized carbons (Fsp3) is 1.00. The van der Waals surface area contributed by atoms with Crippen molar-refractivity contribution in [1.29, 1.82) is 0 Å². The van der Waals surface area contributed by atoms with Crippen LogP contribution >= 0.6 is 0 Å². The highest BCUT2D eigenvalue weighted by molar-refractivity contribution is 7.90. The summed E-state index contributed by atoms with van der Waals surface area (Å²) in [5.41, 5.74) is 5.25. The lowest BCUT2D eigenvalue weighted by Crippen LogP contribution is -2.42. The monoisotopic (exact) mass is 315 g/mol. The molecule has 0 aromatic heterocycles. The predicted octanol–water partition coefficient (Wildman–Crippen LogP) is -0.828. The Balaban J connectivity index is 4.48. The van der Waals surface area contributed by atoms with Crippen molar-refractivity contribution in [2.45, 2.75) is 20.8 Å². The van der Waals surface area contributed by atoms with E-state index in [4.69, 9.17) is 5.73 Å². The van der Waals surface area contributed by atoms with Gasteiger partial charge in [0.25, 0.3) is 0 Å². The van der Waals surface area contributed by atoms with Gasteiger partial charge in [0.15, 0.2) is 0 Å². The van der Waals surface area contributed by atoms with Crippen molar-refractivity contribution in [1.82, 2.24) is 9.03 Å². The van der Waals surface area contributed by atoms with E-state index in [1.165, 1.54) is 18.3 Å². The fourth-order valence-electron chi connectivity index (χ4n) is 1.35. The molecule has 0 aliphatic rings. The van der Waals surface area contributed by atoms with Crippen molar-refractivity contribution in [3.05, 3.63) is 0 Å². The van der Waals surface area contributed by atoms with E-state index in [0.717, 1.165) is 0 Å². The summed E-state index contributed by atoms with van der Waals surface area (Å²) in [7, 11) is -5.37. The second kappa shape index (κ2) is 6.98. The topological polar surface area (TPSA) is 110 Å². The van der Waals surface area contributed by atoms with E-state index in [2.05, 4.69) is 4.72 Å². The molecule has 0 aliphatic carbocycles. The second-order valence-corrected chi connectivity index (χ2v) is 9.53. The van der Waals surface area contributed by atoms with E-state index in [9.17, 15) is 16.8 Å². The third-order valence-electron chi connectivity index (χ3n) is 2.74. The van der Waals surface area contributed by atoms with E-state index in [1.807, 2.05) is 13.8 Å². The zero-order valence-electron chi connectivity index (χ0n) is 12.0. The highest BCUT2D eigenvalue weighted by Crippen LogP contribution is 2.15. The van der Waals surface area contributed by atoms with Gasteiger partial charge in [-0.25, -0.2) is 25.9 Å². The van der Waals surface area contributed by atoms with Gasteiger partial charge < -0.3 is 5.73 Å². The van der Waals surface area contributed by atoms with Gasteiger partial charge in [-0.2, -0.15) is 0 Å². The van der Waals surface area contributed by atoms with Crippen molar-refractivity contribution in [2.24, 2.45) is 11.1 Å². The van der Waals surface area contributed by atoms with E-state index < -0.39 is 20.0 Å². The van der Waals surface area contributed by atoms with Crippen molar-refractivity contribution >= 4 is 20.0 Å². The first-order chi connectivity index (χ1) is 8.46. The van der Waals surface area contributed by atoms with Crippen LogP contribution in [0, 0.1) is 5.41 Å². The lowest BCUT2D eigenvalue weighted by Gasteiger charge is -2.28. The standard InChI is InChI=1S/C10H25N3O4S2/c1-5-18(14,15)12-6-7-19(16,17)13(4)9-10(2,3)8-11/h12H,5-9,11H2,1-4H3. The molecule has 19 heavy (non-hydrogen) atoms. The van der Waals surface area contributed by atoms with Gasteiger partial charge in [0.05, 0.1) is 11.5 Å². The molecule has 0 heterocycles. The SMILES string of the molecule is CCS(=O)(=O)NCCS(=O)(=O)N(C)CC(C)(C)CN. The third-order valence-corrected chi connectivity index (χ3v) is 5.94. The molecule has 0 spiro atoms. The van der Waals surface area contributed by atoms with Crippen LogP contribution in [0.25, 0.3) is 0 Å². The quantitative estimate of drug-likeness (QED) is 0.577. The van der Waals surface area contributed by atoms with E-state index in [-0.39, 0.29) is 23.5 Å². The summed E-state index contributed by atoms with van der Waals surface area (Å²) in [6.07, 6.45) is 0. The summed E-state index contributed by atoms with van der Waals surface area (Å²) in [5, 5.41) is 0. The number of sulfonamides is 2. The molecule has 9 heteroatoms. The Morgan fingerprint density at radius 3 is 2.16 bits per heavy atom. The van der Waals surface area contributed by atoms with Crippen molar-refractivity contribution in [2.75, 3.05) is 38.2 Å². The number of nitrogens with two attached hydrogens (primary N) is 1. The Kier molecular flexibility index (Phi) is 6.90. The van der Waals surface area contributed by atoms with E-state index in [0.29, 0.717) is 13.1 Å². The summed E-state index contributed by atoms with van der Waals surface area (Å²) in [6.45, 7) is 5.79. The largest absolute Gasteiger partial charge is 0.330 e. The average Bonchev–Trinajstić information content (AvgIpc) is 2.28. The molecular weight excluding hydrogens is 290 g/mol. The highest BCUT2D eigenvalue weighted by Gasteiger charge is 2.25. The molecule has 0 aromatic carbocycles. The van der Waals surface area contributed by atoms with Gasteiger partial charge in [-0.05, 0) is 18.9 Å². The highest BCUT2D eigenvalue weighted by atomic mass is 32.2. The summed E-state index contributed by atoms with van der Waals surface area (Å²) in [5.74, 6) is -0.327.